The molecule has 1 aromatic heterocycles. The molecule has 1 N–H and O–H groups in total. The lowest BCUT2D eigenvalue weighted by Crippen LogP contribution is -2.40. The van der Waals surface area contributed by atoms with Crippen LogP contribution in [-0.4, -0.2) is 42.5 Å². The molecule has 0 unspecified atom stereocenters. The standard InChI is InChI=1S/C20H27N3O2/c1-21-14-16-10-12-23(13-11-16)20(24)9-5-8-19-22-15-18(25-19)17-6-3-2-4-7-17/h2-4,6-7,15-16,21H,5,8-14H2,1H3. The van der Waals surface area contributed by atoms with Crippen LogP contribution in [0.3, 0.4) is 0 Å². The molecule has 2 aromatic rings. The number of hydrogen-bond acceptors (Lipinski definition) is 4. The Morgan fingerprint density at radius 1 is 1.28 bits per heavy atom. The van der Waals surface area contributed by atoms with Gasteiger partial charge >= 0.3 is 0 Å². The first-order chi connectivity index (χ1) is 12.3. The van der Waals surface area contributed by atoms with Gasteiger partial charge in [-0.1, -0.05) is 30.3 Å². The van der Waals surface area contributed by atoms with Crippen molar-refractivity contribution in [1.29, 1.82) is 0 Å². The van der Waals surface area contributed by atoms with Crippen LogP contribution in [0.1, 0.15) is 31.6 Å². The maximum Gasteiger partial charge on any atom is 0.222 e. The van der Waals surface area contributed by atoms with Crippen molar-refractivity contribution in [3.05, 3.63) is 42.4 Å². The summed E-state index contributed by atoms with van der Waals surface area (Å²) >= 11 is 0. The largest absolute Gasteiger partial charge is 0.441 e. The Kier molecular flexibility index (Phi) is 6.23. The second-order valence-corrected chi connectivity index (χ2v) is 6.72. The van der Waals surface area contributed by atoms with E-state index in [1.54, 1.807) is 6.20 Å². The van der Waals surface area contributed by atoms with Crippen molar-refractivity contribution in [2.45, 2.75) is 32.1 Å². The number of amides is 1. The number of hydrogen-bond donors (Lipinski definition) is 1. The minimum atomic E-state index is 0.262. The molecule has 1 aliphatic heterocycles. The van der Waals surface area contributed by atoms with Crippen molar-refractivity contribution in [3.8, 4) is 11.3 Å². The van der Waals surface area contributed by atoms with E-state index in [0.717, 1.165) is 50.2 Å². The Labute approximate surface area is 149 Å². The van der Waals surface area contributed by atoms with E-state index in [1.165, 1.54) is 0 Å². The molecule has 25 heavy (non-hydrogen) atoms. The number of oxazole rings is 1. The number of nitrogens with zero attached hydrogens (tertiary/aromatic N) is 2. The molecule has 1 saturated heterocycles. The molecule has 5 heteroatoms. The number of likely N-dealkylation sites (tertiary alicyclic amines) is 1. The highest BCUT2D eigenvalue weighted by Gasteiger charge is 2.22. The summed E-state index contributed by atoms with van der Waals surface area (Å²) in [4.78, 5) is 18.7. The van der Waals surface area contributed by atoms with Crippen LogP contribution in [-0.2, 0) is 11.2 Å². The minimum Gasteiger partial charge on any atom is -0.441 e. The number of aromatic nitrogens is 1. The predicted molar refractivity (Wildman–Crippen MR) is 98.1 cm³/mol. The van der Waals surface area contributed by atoms with E-state index < -0.39 is 0 Å². The number of aryl methyl sites for hydroxylation is 1. The third-order valence-corrected chi connectivity index (χ3v) is 4.85. The lowest BCUT2D eigenvalue weighted by atomic mass is 9.96. The fourth-order valence-corrected chi connectivity index (χ4v) is 3.39. The highest BCUT2D eigenvalue weighted by atomic mass is 16.4. The van der Waals surface area contributed by atoms with Crippen LogP contribution in [0, 0.1) is 5.92 Å². The summed E-state index contributed by atoms with van der Waals surface area (Å²) in [6.45, 7) is 2.83. The second-order valence-electron chi connectivity index (χ2n) is 6.72. The summed E-state index contributed by atoms with van der Waals surface area (Å²) in [5, 5.41) is 3.23. The summed E-state index contributed by atoms with van der Waals surface area (Å²) in [6.07, 6.45) is 6.02. The molecule has 1 aliphatic rings. The van der Waals surface area contributed by atoms with Gasteiger partial charge in [0.05, 0.1) is 6.20 Å². The Bertz CT molecular complexity index is 661. The zero-order valence-corrected chi connectivity index (χ0v) is 14.9. The molecule has 0 saturated carbocycles. The number of carbonyl (C=O) groups excluding carboxylic acids is 1. The van der Waals surface area contributed by atoms with E-state index >= 15 is 0 Å². The highest BCUT2D eigenvalue weighted by molar-refractivity contribution is 5.76. The molecular formula is C20H27N3O2. The van der Waals surface area contributed by atoms with Crippen LogP contribution in [0.5, 0.6) is 0 Å². The van der Waals surface area contributed by atoms with Crippen molar-refractivity contribution >= 4 is 5.91 Å². The average Bonchev–Trinajstić information content (AvgIpc) is 3.12. The van der Waals surface area contributed by atoms with Crippen molar-refractivity contribution < 1.29 is 9.21 Å². The molecule has 134 valence electrons. The van der Waals surface area contributed by atoms with Crippen molar-refractivity contribution in [3.63, 3.8) is 0 Å². The van der Waals surface area contributed by atoms with Crippen LogP contribution < -0.4 is 5.32 Å². The van der Waals surface area contributed by atoms with E-state index in [9.17, 15) is 4.79 Å². The normalized spacial score (nSPS) is 15.5. The minimum absolute atomic E-state index is 0.262. The van der Waals surface area contributed by atoms with E-state index in [4.69, 9.17) is 4.42 Å². The quantitative estimate of drug-likeness (QED) is 0.841. The molecule has 0 atom stereocenters. The van der Waals surface area contributed by atoms with Crippen LogP contribution in [0.25, 0.3) is 11.3 Å². The van der Waals surface area contributed by atoms with E-state index in [1.807, 2.05) is 42.3 Å². The van der Waals surface area contributed by atoms with E-state index in [0.29, 0.717) is 24.7 Å². The summed E-state index contributed by atoms with van der Waals surface area (Å²) in [5.41, 5.74) is 1.03. The van der Waals surface area contributed by atoms with Crippen LogP contribution in [0.2, 0.25) is 0 Å². The molecule has 1 amide bonds. The molecule has 0 spiro atoms. The summed E-state index contributed by atoms with van der Waals surface area (Å²) in [7, 11) is 1.99. The zero-order valence-electron chi connectivity index (χ0n) is 14.9. The highest BCUT2D eigenvalue weighted by Crippen LogP contribution is 2.21. The second kappa shape index (κ2) is 8.81. The fraction of sp³-hybridized carbons (Fsp3) is 0.500. The molecule has 1 fully saturated rings. The lowest BCUT2D eigenvalue weighted by molar-refractivity contribution is -0.132. The van der Waals surface area contributed by atoms with Crippen LogP contribution in [0.4, 0.5) is 0 Å². The average molecular weight is 341 g/mol. The number of benzene rings is 1. The molecular weight excluding hydrogens is 314 g/mol. The molecule has 0 aliphatic carbocycles. The first kappa shape index (κ1) is 17.7. The van der Waals surface area contributed by atoms with E-state index in [-0.39, 0.29) is 5.91 Å². The van der Waals surface area contributed by atoms with Gasteiger partial charge in [-0.2, -0.15) is 0 Å². The smallest absolute Gasteiger partial charge is 0.222 e. The lowest BCUT2D eigenvalue weighted by Gasteiger charge is -2.32. The van der Waals surface area contributed by atoms with Gasteiger partial charge in [0.1, 0.15) is 0 Å². The van der Waals surface area contributed by atoms with Crippen molar-refractivity contribution in [2.24, 2.45) is 5.92 Å². The van der Waals surface area contributed by atoms with Gasteiger partial charge in [0, 0.05) is 31.5 Å². The van der Waals surface area contributed by atoms with Gasteiger partial charge < -0.3 is 14.6 Å². The first-order valence-corrected chi connectivity index (χ1v) is 9.19. The van der Waals surface area contributed by atoms with Crippen molar-refractivity contribution in [1.82, 2.24) is 15.2 Å². The Morgan fingerprint density at radius 2 is 2.04 bits per heavy atom. The topological polar surface area (TPSA) is 58.4 Å². The number of nitrogens with one attached hydrogen (secondary N) is 1. The summed E-state index contributed by atoms with van der Waals surface area (Å²) in [5.74, 6) is 2.46. The Hall–Kier alpha value is -2.14. The molecule has 0 radical (unpaired) electrons. The predicted octanol–water partition coefficient (Wildman–Crippen LogP) is 3.12. The SMILES string of the molecule is CNCC1CCN(C(=O)CCCc2ncc(-c3ccccc3)o2)CC1. The number of piperidine rings is 1. The van der Waals surface area contributed by atoms with Gasteiger partial charge in [0.15, 0.2) is 11.7 Å². The van der Waals surface area contributed by atoms with Crippen LogP contribution >= 0.6 is 0 Å². The van der Waals surface area contributed by atoms with E-state index in [2.05, 4.69) is 10.3 Å². The number of carbonyl (C=O) groups is 1. The van der Waals surface area contributed by atoms with Gasteiger partial charge in [-0.3, -0.25) is 4.79 Å². The van der Waals surface area contributed by atoms with Gasteiger partial charge in [-0.15, -0.1) is 0 Å². The first-order valence-electron chi connectivity index (χ1n) is 9.19. The van der Waals surface area contributed by atoms with Gasteiger partial charge in [-0.05, 0) is 38.8 Å². The maximum absolute atomic E-state index is 12.3. The Balaban J connectivity index is 1.41. The summed E-state index contributed by atoms with van der Waals surface area (Å²) < 4.78 is 5.79. The van der Waals surface area contributed by atoms with Gasteiger partial charge in [-0.25, -0.2) is 4.98 Å². The monoisotopic (exact) mass is 341 g/mol. The third kappa shape index (κ3) is 4.92. The fourth-order valence-electron chi connectivity index (χ4n) is 3.39. The van der Waals surface area contributed by atoms with Crippen molar-refractivity contribution in [2.75, 3.05) is 26.7 Å². The molecule has 1 aromatic carbocycles. The number of rotatable bonds is 7. The molecule has 0 bridgehead atoms. The molecule has 3 rings (SSSR count). The molecule has 2 heterocycles. The van der Waals surface area contributed by atoms with Gasteiger partial charge in [0.2, 0.25) is 5.91 Å². The zero-order chi connectivity index (χ0) is 17.5. The summed E-state index contributed by atoms with van der Waals surface area (Å²) in [6, 6.07) is 9.96. The molecule has 5 nitrogen and oxygen atoms in total. The van der Waals surface area contributed by atoms with Crippen LogP contribution in [0.15, 0.2) is 40.9 Å². The maximum atomic E-state index is 12.3. The third-order valence-electron chi connectivity index (χ3n) is 4.85. The Morgan fingerprint density at radius 3 is 2.76 bits per heavy atom. The van der Waals surface area contributed by atoms with Gasteiger partial charge in [0.25, 0.3) is 0 Å².